The van der Waals surface area contributed by atoms with Crippen molar-refractivity contribution in [3.63, 3.8) is 0 Å². The Bertz CT molecular complexity index is 1760. The molecule has 0 atom stereocenters. The number of imidazole rings is 1. The van der Waals surface area contributed by atoms with Gasteiger partial charge in [-0.05, 0) is 66.4 Å². The van der Waals surface area contributed by atoms with Crippen LogP contribution in [0.5, 0.6) is 5.75 Å². The molecule has 7 heteroatoms. The van der Waals surface area contributed by atoms with Crippen LogP contribution in [0.2, 0.25) is 0 Å². The minimum Gasteiger partial charge on any atom is -0.488 e. The van der Waals surface area contributed by atoms with E-state index >= 15 is 0 Å². The molecule has 1 aliphatic heterocycles. The van der Waals surface area contributed by atoms with Crippen LogP contribution in [0.4, 0.5) is 0 Å². The highest BCUT2D eigenvalue weighted by Crippen LogP contribution is 2.43. The van der Waals surface area contributed by atoms with Gasteiger partial charge < -0.3 is 4.74 Å². The number of nitrogens with one attached hydrogen (secondary N) is 1. The first kappa shape index (κ1) is 23.0. The monoisotopic (exact) mass is 492 g/mol. The first-order chi connectivity index (χ1) is 17.7. The van der Waals surface area contributed by atoms with Gasteiger partial charge in [-0.25, -0.2) is 9.78 Å². The second-order valence-corrected chi connectivity index (χ2v) is 10.5. The van der Waals surface area contributed by atoms with Gasteiger partial charge in [0.25, 0.3) is 0 Å². The standard InChI is InChI=1S/C30H28N4O3/c1-17-9-8-12-24-25(17)26(18(2)27-32-29(35)37-33-27)21-14-13-20(15-19(21)16-36-24)34-23-11-7-6-10-22(23)31-28(34)30(3,4)5/h6-15H,16H2,1-5H3,(H,32,33,35)/b26-18+. The zero-order valence-electron chi connectivity index (χ0n) is 21.5. The van der Waals surface area contributed by atoms with Crippen LogP contribution in [0.3, 0.4) is 0 Å². The van der Waals surface area contributed by atoms with Crippen molar-refractivity contribution < 1.29 is 9.26 Å². The first-order valence-electron chi connectivity index (χ1n) is 12.3. The Morgan fingerprint density at radius 3 is 2.62 bits per heavy atom. The van der Waals surface area contributed by atoms with E-state index in [2.05, 4.69) is 78.8 Å². The van der Waals surface area contributed by atoms with Gasteiger partial charge in [0.1, 0.15) is 18.2 Å². The van der Waals surface area contributed by atoms with Gasteiger partial charge in [-0.2, -0.15) is 0 Å². The molecule has 0 fully saturated rings. The van der Waals surface area contributed by atoms with Crippen molar-refractivity contribution in [1.29, 1.82) is 0 Å². The maximum atomic E-state index is 11.8. The quantitative estimate of drug-likeness (QED) is 0.318. The van der Waals surface area contributed by atoms with E-state index in [4.69, 9.17) is 14.2 Å². The van der Waals surface area contributed by atoms with Crippen molar-refractivity contribution >= 4 is 22.2 Å². The lowest BCUT2D eigenvalue weighted by molar-refractivity contribution is 0.307. The molecule has 0 radical (unpaired) electrons. The fourth-order valence-corrected chi connectivity index (χ4v) is 5.14. The van der Waals surface area contributed by atoms with Gasteiger partial charge >= 0.3 is 5.76 Å². The minimum absolute atomic E-state index is 0.157. The van der Waals surface area contributed by atoms with Crippen LogP contribution in [0.25, 0.3) is 27.9 Å². The fourth-order valence-electron chi connectivity index (χ4n) is 5.14. The van der Waals surface area contributed by atoms with Crippen molar-refractivity contribution in [3.8, 4) is 11.4 Å². The molecule has 0 saturated heterocycles. The van der Waals surface area contributed by atoms with E-state index in [1.165, 1.54) is 0 Å². The Balaban J connectivity index is 1.62. The van der Waals surface area contributed by atoms with Gasteiger partial charge in [0.15, 0.2) is 5.82 Å². The van der Waals surface area contributed by atoms with Crippen LogP contribution in [-0.2, 0) is 12.0 Å². The van der Waals surface area contributed by atoms with E-state index in [1.807, 2.05) is 31.2 Å². The molecule has 3 heterocycles. The number of hydrogen-bond donors (Lipinski definition) is 1. The van der Waals surface area contributed by atoms with Crippen molar-refractivity contribution in [2.45, 2.75) is 46.6 Å². The Morgan fingerprint density at radius 1 is 1.05 bits per heavy atom. The second-order valence-electron chi connectivity index (χ2n) is 10.5. The highest BCUT2D eigenvalue weighted by Gasteiger charge is 2.27. The summed E-state index contributed by atoms with van der Waals surface area (Å²) in [6.45, 7) is 11.0. The molecule has 2 aromatic heterocycles. The van der Waals surface area contributed by atoms with Crippen LogP contribution in [0, 0.1) is 6.92 Å². The van der Waals surface area contributed by atoms with E-state index in [1.54, 1.807) is 0 Å². The van der Waals surface area contributed by atoms with Crippen LogP contribution in [0.15, 0.2) is 70.0 Å². The molecule has 3 aromatic carbocycles. The number of aromatic nitrogens is 4. The molecule has 0 saturated carbocycles. The lowest BCUT2D eigenvalue weighted by Crippen LogP contribution is -2.18. The van der Waals surface area contributed by atoms with Crippen LogP contribution >= 0.6 is 0 Å². The number of benzene rings is 3. The molecule has 0 unspecified atom stereocenters. The van der Waals surface area contributed by atoms with Gasteiger partial charge in [0.2, 0.25) is 0 Å². The maximum absolute atomic E-state index is 11.8. The van der Waals surface area contributed by atoms with Gasteiger partial charge in [-0.3, -0.25) is 14.1 Å². The van der Waals surface area contributed by atoms with Crippen LogP contribution < -0.4 is 10.5 Å². The number of aromatic amines is 1. The SMILES string of the molecule is C/C(=C1/c2ccc(-n3c(C(C)(C)C)nc4ccccc43)cc2COc2cccc(C)c21)c1noc(=O)[nH]1. The number of rotatable bonds is 2. The number of H-pyrrole nitrogens is 1. The molecule has 0 aliphatic carbocycles. The number of aryl methyl sites for hydroxylation is 1. The summed E-state index contributed by atoms with van der Waals surface area (Å²) in [7, 11) is 0. The molecule has 37 heavy (non-hydrogen) atoms. The summed E-state index contributed by atoms with van der Waals surface area (Å²) in [5.74, 6) is 1.61. The zero-order chi connectivity index (χ0) is 25.9. The lowest BCUT2D eigenvalue weighted by atomic mass is 9.88. The van der Waals surface area contributed by atoms with E-state index in [0.717, 1.165) is 61.7 Å². The molecule has 1 N–H and O–H groups in total. The molecule has 0 amide bonds. The molecule has 0 bridgehead atoms. The largest absolute Gasteiger partial charge is 0.488 e. The van der Waals surface area contributed by atoms with Gasteiger partial charge in [0.05, 0.1) is 11.0 Å². The van der Waals surface area contributed by atoms with Gasteiger partial charge in [0, 0.05) is 22.2 Å². The molecule has 186 valence electrons. The number of nitrogens with zero attached hydrogens (tertiary/aromatic N) is 3. The highest BCUT2D eigenvalue weighted by molar-refractivity contribution is 6.00. The second kappa shape index (κ2) is 8.34. The molecular formula is C30H28N4O3. The fraction of sp³-hybridized carbons (Fsp3) is 0.233. The van der Waals surface area contributed by atoms with Crippen molar-refractivity contribution in [1.82, 2.24) is 19.7 Å². The van der Waals surface area contributed by atoms with Crippen molar-refractivity contribution in [3.05, 3.63) is 105 Å². The zero-order valence-corrected chi connectivity index (χ0v) is 21.5. The number of allylic oxidation sites excluding steroid dienone is 1. The van der Waals surface area contributed by atoms with Gasteiger partial charge in [-0.1, -0.05) is 56.3 Å². The lowest BCUT2D eigenvalue weighted by Gasteiger charge is -2.21. The molecule has 7 nitrogen and oxygen atoms in total. The topological polar surface area (TPSA) is 85.9 Å². The summed E-state index contributed by atoms with van der Waals surface area (Å²) < 4.78 is 13.4. The van der Waals surface area contributed by atoms with Crippen molar-refractivity contribution in [2.24, 2.45) is 0 Å². The van der Waals surface area contributed by atoms with E-state index < -0.39 is 5.76 Å². The van der Waals surface area contributed by atoms with Crippen LogP contribution in [-0.4, -0.2) is 19.7 Å². The molecule has 1 aliphatic rings. The van der Waals surface area contributed by atoms with Gasteiger partial charge in [-0.15, -0.1) is 0 Å². The molecule has 6 rings (SSSR count). The van der Waals surface area contributed by atoms with E-state index in [-0.39, 0.29) is 5.41 Å². The summed E-state index contributed by atoms with van der Waals surface area (Å²) in [5, 5.41) is 3.97. The predicted molar refractivity (Wildman–Crippen MR) is 144 cm³/mol. The maximum Gasteiger partial charge on any atom is 0.439 e. The number of fused-ring (bicyclic) bond motifs is 3. The number of hydrogen-bond acceptors (Lipinski definition) is 5. The Morgan fingerprint density at radius 2 is 1.86 bits per heavy atom. The Kier molecular flexibility index (Phi) is 5.19. The average Bonchev–Trinajstić information content (AvgIpc) is 3.44. The molecule has 5 aromatic rings. The Hall–Kier alpha value is -4.39. The summed E-state index contributed by atoms with van der Waals surface area (Å²) in [6.07, 6.45) is 0. The van der Waals surface area contributed by atoms with Crippen LogP contribution in [0.1, 0.15) is 61.6 Å². The predicted octanol–water partition coefficient (Wildman–Crippen LogP) is 6.18. The summed E-state index contributed by atoms with van der Waals surface area (Å²) in [4.78, 5) is 19.5. The van der Waals surface area contributed by atoms with E-state index in [9.17, 15) is 4.79 Å². The molecule has 0 spiro atoms. The number of ether oxygens (including phenoxy) is 1. The summed E-state index contributed by atoms with van der Waals surface area (Å²) in [6, 6.07) is 20.7. The third-order valence-electron chi connectivity index (χ3n) is 6.89. The third kappa shape index (κ3) is 3.78. The summed E-state index contributed by atoms with van der Waals surface area (Å²) >= 11 is 0. The van der Waals surface area contributed by atoms with E-state index in [0.29, 0.717) is 12.4 Å². The molecular weight excluding hydrogens is 464 g/mol. The minimum atomic E-state index is -0.581. The number of para-hydroxylation sites is 2. The smallest absolute Gasteiger partial charge is 0.439 e. The first-order valence-corrected chi connectivity index (χ1v) is 12.3. The summed E-state index contributed by atoms with van der Waals surface area (Å²) in [5.41, 5.74) is 8.79. The average molecular weight is 493 g/mol. The normalized spacial score (nSPS) is 14.6. The van der Waals surface area contributed by atoms with Crippen molar-refractivity contribution in [2.75, 3.05) is 0 Å². The highest BCUT2D eigenvalue weighted by atomic mass is 16.5. The third-order valence-corrected chi connectivity index (χ3v) is 6.89. The Labute approximate surface area is 214 Å².